The maximum Gasteiger partial charge on any atom is 0.0661 e. The number of aliphatic hydroxyl groups is 1. The van der Waals surface area contributed by atoms with Crippen LogP contribution >= 0.6 is 15.9 Å². The highest BCUT2D eigenvalue weighted by Gasteiger charge is 2.30. The second-order valence-corrected chi connectivity index (χ2v) is 5.55. The van der Waals surface area contributed by atoms with Crippen LogP contribution in [-0.4, -0.2) is 17.3 Å². The molecule has 1 aromatic rings. The van der Waals surface area contributed by atoms with Crippen molar-refractivity contribution in [1.82, 2.24) is 0 Å². The van der Waals surface area contributed by atoms with E-state index in [0.29, 0.717) is 0 Å². The molecule has 0 spiro atoms. The van der Waals surface area contributed by atoms with Gasteiger partial charge in [-0.05, 0) is 37.1 Å². The van der Waals surface area contributed by atoms with Gasteiger partial charge in [-0.1, -0.05) is 35.2 Å². The van der Waals surface area contributed by atoms with Gasteiger partial charge in [-0.2, -0.15) is 0 Å². The first-order valence-corrected chi connectivity index (χ1v) is 6.68. The van der Waals surface area contributed by atoms with E-state index >= 15 is 0 Å². The van der Waals surface area contributed by atoms with Crippen LogP contribution in [0.25, 0.3) is 0 Å². The molecule has 0 bridgehead atoms. The third-order valence-corrected chi connectivity index (χ3v) is 3.90. The second-order valence-electron chi connectivity index (χ2n) is 4.63. The van der Waals surface area contributed by atoms with Crippen molar-refractivity contribution in [2.24, 2.45) is 0 Å². The molecule has 2 nitrogen and oxygen atoms in total. The molecule has 0 aromatic heterocycles. The summed E-state index contributed by atoms with van der Waals surface area (Å²) in [6.45, 7) is 0.225. The molecule has 1 saturated carbocycles. The fourth-order valence-electron chi connectivity index (χ4n) is 2.39. The molecule has 2 rings (SSSR count). The minimum Gasteiger partial charge on any atom is -0.394 e. The van der Waals surface area contributed by atoms with Crippen molar-refractivity contribution >= 4 is 21.6 Å². The van der Waals surface area contributed by atoms with Crippen molar-refractivity contribution in [2.45, 2.75) is 37.6 Å². The number of halogens is 1. The van der Waals surface area contributed by atoms with Gasteiger partial charge in [-0.3, -0.25) is 0 Å². The average Bonchev–Trinajstić information content (AvgIpc) is 2.33. The smallest absolute Gasteiger partial charge is 0.0661 e. The highest BCUT2D eigenvalue weighted by atomic mass is 79.9. The molecule has 1 fully saturated rings. The Bertz CT molecular complexity index is 330. The van der Waals surface area contributed by atoms with E-state index in [-0.39, 0.29) is 12.1 Å². The van der Waals surface area contributed by atoms with Crippen LogP contribution in [0.5, 0.6) is 0 Å². The van der Waals surface area contributed by atoms with Crippen molar-refractivity contribution in [3.63, 3.8) is 0 Å². The van der Waals surface area contributed by atoms with Gasteiger partial charge in [0.1, 0.15) is 0 Å². The highest BCUT2D eigenvalue weighted by Crippen LogP contribution is 2.31. The molecule has 2 N–H and O–H groups in total. The lowest BCUT2D eigenvalue weighted by Gasteiger charge is -2.37. The van der Waals surface area contributed by atoms with Crippen molar-refractivity contribution in [3.05, 3.63) is 28.7 Å². The molecule has 0 aliphatic heterocycles. The van der Waals surface area contributed by atoms with Crippen LogP contribution in [-0.2, 0) is 0 Å². The zero-order chi connectivity index (χ0) is 11.4. The quantitative estimate of drug-likeness (QED) is 0.889. The van der Waals surface area contributed by atoms with Crippen LogP contribution < -0.4 is 5.32 Å². The Morgan fingerprint density at radius 2 is 1.75 bits per heavy atom. The van der Waals surface area contributed by atoms with E-state index in [1.807, 2.05) is 12.1 Å². The van der Waals surface area contributed by atoms with Crippen molar-refractivity contribution < 1.29 is 5.11 Å². The molecule has 0 saturated heterocycles. The molecule has 1 aliphatic carbocycles. The first kappa shape index (κ1) is 11.9. The summed E-state index contributed by atoms with van der Waals surface area (Å²) in [6, 6.07) is 8.15. The van der Waals surface area contributed by atoms with E-state index in [9.17, 15) is 5.11 Å². The monoisotopic (exact) mass is 283 g/mol. The Balaban J connectivity index is 2.08. The van der Waals surface area contributed by atoms with Gasteiger partial charge in [0.25, 0.3) is 0 Å². The van der Waals surface area contributed by atoms with Gasteiger partial charge in [0.15, 0.2) is 0 Å². The largest absolute Gasteiger partial charge is 0.394 e. The molecule has 0 amide bonds. The SMILES string of the molecule is OCC1(Nc2ccc(Br)cc2)CCCCC1. The van der Waals surface area contributed by atoms with E-state index < -0.39 is 0 Å². The van der Waals surface area contributed by atoms with Crippen LogP contribution in [0, 0.1) is 0 Å². The molecule has 3 heteroatoms. The van der Waals surface area contributed by atoms with Crippen LogP contribution in [0.3, 0.4) is 0 Å². The molecule has 0 atom stereocenters. The standard InChI is InChI=1S/C13H18BrNO/c14-11-4-6-12(7-5-11)15-13(10-16)8-2-1-3-9-13/h4-7,15-16H,1-3,8-10H2. The molecule has 88 valence electrons. The fourth-order valence-corrected chi connectivity index (χ4v) is 2.65. The van der Waals surface area contributed by atoms with Crippen LogP contribution in [0.2, 0.25) is 0 Å². The molecule has 1 aliphatic rings. The predicted octanol–water partition coefficient (Wildman–Crippen LogP) is 3.56. The Labute approximate surface area is 105 Å². The molecular weight excluding hydrogens is 266 g/mol. The molecular formula is C13H18BrNO. The summed E-state index contributed by atoms with van der Waals surface area (Å²) in [5, 5.41) is 13.1. The summed E-state index contributed by atoms with van der Waals surface area (Å²) < 4.78 is 1.08. The van der Waals surface area contributed by atoms with Gasteiger partial charge in [0.05, 0.1) is 12.1 Å². The lowest BCUT2D eigenvalue weighted by atomic mass is 9.82. The van der Waals surface area contributed by atoms with Crippen LogP contribution in [0.15, 0.2) is 28.7 Å². The Hall–Kier alpha value is -0.540. The van der Waals surface area contributed by atoms with E-state index in [0.717, 1.165) is 23.0 Å². The third-order valence-electron chi connectivity index (χ3n) is 3.37. The van der Waals surface area contributed by atoms with E-state index in [2.05, 4.69) is 33.4 Å². The number of rotatable bonds is 3. The Kier molecular flexibility index (Phi) is 3.87. The predicted molar refractivity (Wildman–Crippen MR) is 70.7 cm³/mol. The second kappa shape index (κ2) is 5.19. The van der Waals surface area contributed by atoms with Gasteiger partial charge >= 0.3 is 0 Å². The average molecular weight is 284 g/mol. The molecule has 1 aromatic carbocycles. The number of hydrogen-bond acceptors (Lipinski definition) is 2. The van der Waals surface area contributed by atoms with Crippen LogP contribution in [0.1, 0.15) is 32.1 Å². The fraction of sp³-hybridized carbons (Fsp3) is 0.538. The van der Waals surface area contributed by atoms with Gasteiger partial charge in [-0.25, -0.2) is 0 Å². The summed E-state index contributed by atoms with van der Waals surface area (Å²) in [5.41, 5.74) is 1.01. The van der Waals surface area contributed by atoms with E-state index in [1.165, 1.54) is 19.3 Å². The maximum absolute atomic E-state index is 9.59. The van der Waals surface area contributed by atoms with Gasteiger partial charge < -0.3 is 10.4 Å². The minimum absolute atomic E-state index is 0.0912. The number of hydrogen-bond donors (Lipinski definition) is 2. The number of aliphatic hydroxyl groups excluding tert-OH is 1. The number of anilines is 1. The number of nitrogens with one attached hydrogen (secondary N) is 1. The summed E-state index contributed by atoms with van der Waals surface area (Å²) in [6.07, 6.45) is 5.86. The van der Waals surface area contributed by atoms with Crippen molar-refractivity contribution in [1.29, 1.82) is 0 Å². The van der Waals surface area contributed by atoms with Crippen molar-refractivity contribution in [3.8, 4) is 0 Å². The first-order chi connectivity index (χ1) is 7.74. The van der Waals surface area contributed by atoms with Gasteiger partial charge in [-0.15, -0.1) is 0 Å². The topological polar surface area (TPSA) is 32.3 Å². The molecule has 0 unspecified atom stereocenters. The minimum atomic E-state index is -0.0912. The van der Waals surface area contributed by atoms with E-state index in [1.54, 1.807) is 0 Å². The summed E-state index contributed by atoms with van der Waals surface area (Å²) >= 11 is 3.42. The summed E-state index contributed by atoms with van der Waals surface area (Å²) in [4.78, 5) is 0. The lowest BCUT2D eigenvalue weighted by Crippen LogP contribution is -2.43. The van der Waals surface area contributed by atoms with Crippen LogP contribution in [0.4, 0.5) is 5.69 Å². The molecule has 0 heterocycles. The highest BCUT2D eigenvalue weighted by molar-refractivity contribution is 9.10. The Morgan fingerprint density at radius 3 is 2.31 bits per heavy atom. The van der Waals surface area contributed by atoms with Crippen molar-refractivity contribution in [2.75, 3.05) is 11.9 Å². The zero-order valence-electron chi connectivity index (χ0n) is 9.38. The first-order valence-electron chi connectivity index (χ1n) is 5.89. The third kappa shape index (κ3) is 2.77. The zero-order valence-corrected chi connectivity index (χ0v) is 11.0. The Morgan fingerprint density at radius 1 is 1.12 bits per heavy atom. The summed E-state index contributed by atoms with van der Waals surface area (Å²) in [5.74, 6) is 0. The lowest BCUT2D eigenvalue weighted by molar-refractivity contribution is 0.173. The maximum atomic E-state index is 9.59. The summed E-state index contributed by atoms with van der Waals surface area (Å²) in [7, 11) is 0. The molecule has 0 radical (unpaired) electrons. The van der Waals surface area contributed by atoms with E-state index in [4.69, 9.17) is 0 Å². The number of benzene rings is 1. The normalized spacial score (nSPS) is 19.4. The van der Waals surface area contributed by atoms with Gasteiger partial charge in [0.2, 0.25) is 0 Å². The molecule has 16 heavy (non-hydrogen) atoms. The van der Waals surface area contributed by atoms with Gasteiger partial charge in [0, 0.05) is 10.2 Å².